The van der Waals surface area contributed by atoms with Crippen LogP contribution in [0.15, 0.2) is 36.8 Å². The zero-order valence-corrected chi connectivity index (χ0v) is 14.8. The standard InChI is InChI=1S/C20H34O3/c1-3-4-5-6-7-8-9-10-11-12-13-14-15-16-17-18-20(22)23-19(2)21/h7-8,10-11,21H,2-6,9,12-18H2,1H3/b8-7-,11-10-. The van der Waals surface area contributed by atoms with Crippen LogP contribution in [-0.2, 0) is 9.53 Å². The number of rotatable bonds is 15. The smallest absolute Gasteiger partial charge is 0.313 e. The molecule has 0 aliphatic rings. The Morgan fingerprint density at radius 1 is 0.913 bits per heavy atom. The molecule has 0 aliphatic carbocycles. The van der Waals surface area contributed by atoms with Gasteiger partial charge in [-0.1, -0.05) is 63.3 Å². The van der Waals surface area contributed by atoms with Crippen molar-refractivity contribution < 1.29 is 14.6 Å². The maximum absolute atomic E-state index is 11.1. The quantitative estimate of drug-likeness (QED) is 0.165. The largest absolute Gasteiger partial charge is 0.481 e. The minimum atomic E-state index is -0.516. The van der Waals surface area contributed by atoms with Gasteiger partial charge in [-0.05, 0) is 45.1 Å². The molecule has 0 rings (SSSR count). The number of unbranched alkanes of at least 4 members (excludes halogenated alkanes) is 8. The Morgan fingerprint density at radius 3 is 2.09 bits per heavy atom. The highest BCUT2D eigenvalue weighted by molar-refractivity contribution is 5.70. The Hall–Kier alpha value is -1.51. The lowest BCUT2D eigenvalue weighted by atomic mass is 10.1. The van der Waals surface area contributed by atoms with Crippen molar-refractivity contribution in [2.75, 3.05) is 0 Å². The number of ether oxygens (including phenoxy) is 1. The maximum Gasteiger partial charge on any atom is 0.313 e. The Balaban J connectivity index is 3.28. The summed E-state index contributed by atoms with van der Waals surface area (Å²) in [6.07, 6.45) is 22.1. The Morgan fingerprint density at radius 2 is 1.48 bits per heavy atom. The minimum Gasteiger partial charge on any atom is -0.481 e. The molecule has 0 saturated heterocycles. The third kappa shape index (κ3) is 18.4. The molecule has 0 amide bonds. The molecule has 132 valence electrons. The first kappa shape index (κ1) is 21.5. The number of hydrogen-bond acceptors (Lipinski definition) is 3. The van der Waals surface area contributed by atoms with Gasteiger partial charge in [-0.15, -0.1) is 0 Å². The maximum atomic E-state index is 11.1. The van der Waals surface area contributed by atoms with E-state index in [0.29, 0.717) is 6.42 Å². The lowest BCUT2D eigenvalue weighted by Crippen LogP contribution is -2.02. The van der Waals surface area contributed by atoms with E-state index in [0.717, 1.165) is 32.1 Å². The van der Waals surface area contributed by atoms with Crippen molar-refractivity contribution in [1.82, 2.24) is 0 Å². The van der Waals surface area contributed by atoms with Crippen LogP contribution < -0.4 is 0 Å². The van der Waals surface area contributed by atoms with Gasteiger partial charge in [0.25, 0.3) is 5.95 Å². The summed E-state index contributed by atoms with van der Waals surface area (Å²) >= 11 is 0. The van der Waals surface area contributed by atoms with Crippen LogP contribution in [0.1, 0.15) is 84.0 Å². The summed E-state index contributed by atoms with van der Waals surface area (Å²) in [5.41, 5.74) is 0. The zero-order chi connectivity index (χ0) is 17.2. The SMILES string of the molecule is C=C(O)OC(=O)CCCCCCC/C=C\C/C=C\CCCCC. The van der Waals surface area contributed by atoms with Crippen LogP contribution in [0.4, 0.5) is 0 Å². The van der Waals surface area contributed by atoms with E-state index in [1.54, 1.807) is 0 Å². The molecule has 3 nitrogen and oxygen atoms in total. The summed E-state index contributed by atoms with van der Waals surface area (Å²) in [6.45, 7) is 5.35. The Kier molecular flexibility index (Phi) is 15.7. The van der Waals surface area contributed by atoms with Crippen molar-refractivity contribution in [2.45, 2.75) is 84.0 Å². The summed E-state index contributed by atoms with van der Waals surface area (Å²) in [7, 11) is 0. The van der Waals surface area contributed by atoms with Crippen LogP contribution in [-0.4, -0.2) is 11.1 Å². The zero-order valence-electron chi connectivity index (χ0n) is 14.8. The van der Waals surface area contributed by atoms with Gasteiger partial charge in [0.05, 0.1) is 0 Å². The number of aliphatic hydroxyl groups excluding tert-OH is 1. The predicted molar refractivity (Wildman–Crippen MR) is 97.2 cm³/mol. The van der Waals surface area contributed by atoms with Gasteiger partial charge in [-0.2, -0.15) is 0 Å². The molecule has 0 radical (unpaired) electrons. The summed E-state index contributed by atoms with van der Waals surface area (Å²) in [6, 6.07) is 0. The highest BCUT2D eigenvalue weighted by atomic mass is 16.6. The van der Waals surface area contributed by atoms with E-state index in [4.69, 9.17) is 5.11 Å². The van der Waals surface area contributed by atoms with Gasteiger partial charge >= 0.3 is 5.97 Å². The molecule has 0 aromatic heterocycles. The van der Waals surface area contributed by atoms with Gasteiger partial charge in [-0.25, -0.2) is 0 Å². The van der Waals surface area contributed by atoms with Crippen molar-refractivity contribution in [3.8, 4) is 0 Å². The second-order valence-electron chi connectivity index (χ2n) is 5.85. The van der Waals surface area contributed by atoms with E-state index < -0.39 is 11.9 Å². The molecule has 0 spiro atoms. The number of esters is 1. The first-order valence-corrected chi connectivity index (χ1v) is 9.05. The van der Waals surface area contributed by atoms with Crippen molar-refractivity contribution in [3.63, 3.8) is 0 Å². The number of carbonyl (C=O) groups excluding carboxylic acids is 1. The van der Waals surface area contributed by atoms with Crippen LogP contribution in [0.3, 0.4) is 0 Å². The second kappa shape index (κ2) is 16.9. The lowest BCUT2D eigenvalue weighted by molar-refractivity contribution is -0.143. The highest BCUT2D eigenvalue weighted by Gasteiger charge is 2.03. The molecule has 0 bridgehead atoms. The topological polar surface area (TPSA) is 46.5 Å². The lowest BCUT2D eigenvalue weighted by Gasteiger charge is -2.01. The van der Waals surface area contributed by atoms with Crippen LogP contribution in [0.25, 0.3) is 0 Å². The molecule has 0 atom stereocenters. The minimum absolute atomic E-state index is 0.351. The molecule has 3 heteroatoms. The summed E-state index contributed by atoms with van der Waals surface area (Å²) in [5, 5.41) is 8.70. The first-order chi connectivity index (χ1) is 11.2. The van der Waals surface area contributed by atoms with Crippen LogP contribution in [0.5, 0.6) is 0 Å². The first-order valence-electron chi connectivity index (χ1n) is 9.05. The van der Waals surface area contributed by atoms with E-state index in [9.17, 15) is 4.79 Å². The molecule has 1 N–H and O–H groups in total. The fourth-order valence-electron chi connectivity index (χ4n) is 2.26. The van der Waals surface area contributed by atoms with Crippen LogP contribution >= 0.6 is 0 Å². The van der Waals surface area contributed by atoms with Gasteiger partial charge < -0.3 is 9.84 Å². The van der Waals surface area contributed by atoms with E-state index in [1.165, 1.54) is 38.5 Å². The molecule has 23 heavy (non-hydrogen) atoms. The van der Waals surface area contributed by atoms with Crippen molar-refractivity contribution in [1.29, 1.82) is 0 Å². The van der Waals surface area contributed by atoms with Gasteiger partial charge in [-0.3, -0.25) is 4.79 Å². The molecule has 0 aromatic carbocycles. The Bertz CT molecular complexity index is 356. The van der Waals surface area contributed by atoms with Gasteiger partial charge in [0.2, 0.25) is 0 Å². The highest BCUT2D eigenvalue weighted by Crippen LogP contribution is 2.09. The third-order valence-corrected chi connectivity index (χ3v) is 3.56. The third-order valence-electron chi connectivity index (χ3n) is 3.56. The number of hydrogen-bond donors (Lipinski definition) is 1. The predicted octanol–water partition coefficient (Wildman–Crippen LogP) is 6.37. The number of aliphatic hydroxyl groups is 1. The van der Waals surface area contributed by atoms with Gasteiger partial charge in [0.1, 0.15) is 0 Å². The molecule has 0 aliphatic heterocycles. The molecule has 0 unspecified atom stereocenters. The molecular formula is C20H34O3. The van der Waals surface area contributed by atoms with Crippen LogP contribution in [0, 0.1) is 0 Å². The summed E-state index contributed by atoms with van der Waals surface area (Å²) in [5.74, 6) is -0.916. The van der Waals surface area contributed by atoms with Crippen molar-refractivity contribution >= 4 is 5.97 Å². The molecular weight excluding hydrogens is 288 g/mol. The second-order valence-corrected chi connectivity index (χ2v) is 5.85. The molecule has 0 fully saturated rings. The van der Waals surface area contributed by atoms with Crippen molar-refractivity contribution in [3.05, 3.63) is 36.8 Å². The van der Waals surface area contributed by atoms with E-state index >= 15 is 0 Å². The monoisotopic (exact) mass is 322 g/mol. The normalized spacial score (nSPS) is 11.3. The van der Waals surface area contributed by atoms with Gasteiger partial charge in [0, 0.05) is 6.42 Å². The molecule has 0 aromatic rings. The molecule has 0 heterocycles. The van der Waals surface area contributed by atoms with Gasteiger partial charge in [0.15, 0.2) is 0 Å². The number of allylic oxidation sites excluding steroid dienone is 4. The average molecular weight is 322 g/mol. The number of carbonyl (C=O) groups is 1. The summed E-state index contributed by atoms with van der Waals surface area (Å²) < 4.78 is 4.48. The van der Waals surface area contributed by atoms with E-state index in [2.05, 4.69) is 42.5 Å². The Labute approximate surface area is 142 Å². The van der Waals surface area contributed by atoms with E-state index in [1.807, 2.05) is 0 Å². The average Bonchev–Trinajstić information content (AvgIpc) is 2.50. The molecule has 0 saturated carbocycles. The summed E-state index contributed by atoms with van der Waals surface area (Å²) in [4.78, 5) is 11.1. The fraction of sp³-hybridized carbons (Fsp3) is 0.650. The van der Waals surface area contributed by atoms with E-state index in [-0.39, 0.29) is 0 Å². The fourth-order valence-corrected chi connectivity index (χ4v) is 2.26. The van der Waals surface area contributed by atoms with Crippen molar-refractivity contribution in [2.24, 2.45) is 0 Å². The van der Waals surface area contributed by atoms with Crippen LogP contribution in [0.2, 0.25) is 0 Å².